The zero-order chi connectivity index (χ0) is 18.5. The zero-order valence-electron chi connectivity index (χ0n) is 16.1. The molecule has 1 N–H and O–H groups in total. The highest BCUT2D eigenvalue weighted by Crippen LogP contribution is 2.39. The van der Waals surface area contributed by atoms with Crippen LogP contribution in [0, 0.1) is 0 Å². The molecule has 0 bridgehead atoms. The van der Waals surface area contributed by atoms with E-state index in [9.17, 15) is 4.79 Å². The Balaban J connectivity index is 1.18. The van der Waals surface area contributed by atoms with Gasteiger partial charge in [-0.25, -0.2) is 4.79 Å². The van der Waals surface area contributed by atoms with Gasteiger partial charge in [-0.3, -0.25) is 4.98 Å². The summed E-state index contributed by atoms with van der Waals surface area (Å²) in [6.07, 6.45) is 10.9. The van der Waals surface area contributed by atoms with E-state index in [1.807, 2.05) is 23.1 Å². The van der Waals surface area contributed by atoms with Crippen molar-refractivity contribution < 1.29 is 14.3 Å². The van der Waals surface area contributed by atoms with Gasteiger partial charge in [-0.1, -0.05) is 25.3 Å². The van der Waals surface area contributed by atoms with Gasteiger partial charge in [-0.05, 0) is 44.2 Å². The Hall–Kier alpha value is -1.66. The number of carbonyl (C=O) groups excluding carboxylic acids is 1. The minimum atomic E-state index is 0.0442. The van der Waals surface area contributed by atoms with Gasteiger partial charge in [0.1, 0.15) is 0 Å². The number of rotatable bonds is 4. The Kier molecular flexibility index (Phi) is 5.93. The molecule has 1 spiro atoms. The van der Waals surface area contributed by atoms with E-state index in [4.69, 9.17) is 9.47 Å². The number of pyridine rings is 1. The predicted octanol–water partition coefficient (Wildman–Crippen LogP) is 3.26. The summed E-state index contributed by atoms with van der Waals surface area (Å²) < 4.78 is 12.1. The fourth-order valence-electron chi connectivity index (χ4n) is 4.66. The van der Waals surface area contributed by atoms with Crippen LogP contribution >= 0.6 is 0 Å². The molecule has 148 valence electrons. The van der Waals surface area contributed by atoms with Crippen molar-refractivity contribution in [3.63, 3.8) is 0 Å². The summed E-state index contributed by atoms with van der Waals surface area (Å²) in [4.78, 5) is 18.8. The first-order valence-electron chi connectivity index (χ1n) is 10.4. The largest absolute Gasteiger partial charge is 0.373 e. The van der Waals surface area contributed by atoms with Crippen LogP contribution in [0.25, 0.3) is 0 Å². The smallest absolute Gasteiger partial charge is 0.317 e. The Labute approximate surface area is 161 Å². The molecule has 1 saturated carbocycles. The minimum absolute atomic E-state index is 0.0442. The number of piperidine rings is 1. The van der Waals surface area contributed by atoms with Gasteiger partial charge >= 0.3 is 6.03 Å². The molecule has 2 aliphatic heterocycles. The van der Waals surface area contributed by atoms with Gasteiger partial charge in [0, 0.05) is 19.3 Å². The highest BCUT2D eigenvalue weighted by molar-refractivity contribution is 5.74. The summed E-state index contributed by atoms with van der Waals surface area (Å²) in [5.41, 5.74) is 0.998. The van der Waals surface area contributed by atoms with Crippen molar-refractivity contribution in [3.8, 4) is 0 Å². The maximum Gasteiger partial charge on any atom is 0.317 e. The van der Waals surface area contributed by atoms with E-state index in [0.29, 0.717) is 13.2 Å². The summed E-state index contributed by atoms with van der Waals surface area (Å²) in [5, 5.41) is 3.20. The number of nitrogens with zero attached hydrogens (tertiary/aromatic N) is 2. The molecule has 2 saturated heterocycles. The van der Waals surface area contributed by atoms with E-state index in [1.54, 1.807) is 6.20 Å². The standard InChI is InChI=1S/C21H31N3O3/c25-20(23-18-14-21(27-16-18)9-3-1-4-10-21)24-12-7-19(8-13-24)26-15-17-6-2-5-11-22-17/h2,5-6,11,18-19H,1,3-4,7-10,12-16H2,(H,23,25)/t18-/m0/s1. The van der Waals surface area contributed by atoms with E-state index < -0.39 is 0 Å². The molecule has 1 atom stereocenters. The second kappa shape index (κ2) is 8.57. The number of carbonyl (C=O) groups is 1. The summed E-state index contributed by atoms with van der Waals surface area (Å²) >= 11 is 0. The maximum atomic E-state index is 12.6. The van der Waals surface area contributed by atoms with E-state index in [2.05, 4.69) is 10.3 Å². The summed E-state index contributed by atoms with van der Waals surface area (Å²) in [5.74, 6) is 0. The number of aromatic nitrogens is 1. The number of urea groups is 1. The van der Waals surface area contributed by atoms with Gasteiger partial charge < -0.3 is 19.7 Å². The van der Waals surface area contributed by atoms with Crippen LogP contribution in [-0.4, -0.2) is 53.4 Å². The lowest BCUT2D eigenvalue weighted by atomic mass is 9.82. The second-order valence-electron chi connectivity index (χ2n) is 8.22. The van der Waals surface area contributed by atoms with Crippen molar-refractivity contribution in [1.29, 1.82) is 0 Å². The first-order valence-corrected chi connectivity index (χ1v) is 10.4. The Bertz CT molecular complexity index is 610. The normalized spacial score (nSPS) is 25.6. The van der Waals surface area contributed by atoms with Gasteiger partial charge in [0.25, 0.3) is 0 Å². The average Bonchev–Trinajstić information content (AvgIpc) is 3.09. The summed E-state index contributed by atoms with van der Waals surface area (Å²) in [6.45, 7) is 2.70. The molecule has 1 aromatic heterocycles. The van der Waals surface area contributed by atoms with Crippen LogP contribution in [0.15, 0.2) is 24.4 Å². The lowest BCUT2D eigenvalue weighted by Crippen LogP contribution is -2.49. The van der Waals surface area contributed by atoms with Crippen molar-refractivity contribution in [2.24, 2.45) is 0 Å². The lowest BCUT2D eigenvalue weighted by Gasteiger charge is -2.33. The van der Waals surface area contributed by atoms with Crippen molar-refractivity contribution in [1.82, 2.24) is 15.2 Å². The highest BCUT2D eigenvalue weighted by atomic mass is 16.5. The lowest BCUT2D eigenvalue weighted by molar-refractivity contribution is -0.0246. The van der Waals surface area contributed by atoms with E-state index in [0.717, 1.165) is 50.9 Å². The van der Waals surface area contributed by atoms with Crippen molar-refractivity contribution >= 4 is 6.03 Å². The Morgan fingerprint density at radius 1 is 1.26 bits per heavy atom. The fourth-order valence-corrected chi connectivity index (χ4v) is 4.66. The maximum absolute atomic E-state index is 12.6. The molecule has 2 amide bonds. The van der Waals surface area contributed by atoms with E-state index in [1.165, 1.54) is 19.3 Å². The topological polar surface area (TPSA) is 63.7 Å². The number of nitrogens with one attached hydrogen (secondary N) is 1. The highest BCUT2D eigenvalue weighted by Gasteiger charge is 2.41. The first-order chi connectivity index (χ1) is 13.2. The molecule has 3 heterocycles. The van der Waals surface area contributed by atoms with Crippen molar-refractivity contribution in [3.05, 3.63) is 30.1 Å². The van der Waals surface area contributed by atoms with Crippen LogP contribution in [0.1, 0.15) is 57.1 Å². The Morgan fingerprint density at radius 2 is 2.07 bits per heavy atom. The van der Waals surface area contributed by atoms with Crippen molar-refractivity contribution in [2.75, 3.05) is 19.7 Å². The number of likely N-dealkylation sites (tertiary alicyclic amines) is 1. The molecule has 0 radical (unpaired) electrons. The van der Waals surface area contributed by atoms with Crippen LogP contribution in [0.5, 0.6) is 0 Å². The van der Waals surface area contributed by atoms with Gasteiger partial charge in [0.2, 0.25) is 0 Å². The molecule has 27 heavy (non-hydrogen) atoms. The summed E-state index contributed by atoms with van der Waals surface area (Å²) in [7, 11) is 0. The van der Waals surface area contributed by atoms with Gasteiger partial charge in [-0.15, -0.1) is 0 Å². The molecule has 1 aromatic rings. The van der Waals surface area contributed by atoms with Crippen LogP contribution in [-0.2, 0) is 16.1 Å². The van der Waals surface area contributed by atoms with Crippen LogP contribution < -0.4 is 5.32 Å². The minimum Gasteiger partial charge on any atom is -0.373 e. The SMILES string of the molecule is O=C(N[C@@H]1COC2(CCCCC2)C1)N1CCC(OCc2ccccn2)CC1. The Morgan fingerprint density at radius 3 is 2.81 bits per heavy atom. The van der Waals surface area contributed by atoms with Crippen molar-refractivity contribution in [2.45, 2.75) is 75.7 Å². The zero-order valence-corrected chi connectivity index (χ0v) is 16.1. The van der Waals surface area contributed by atoms with Gasteiger partial charge in [-0.2, -0.15) is 0 Å². The third-order valence-corrected chi connectivity index (χ3v) is 6.22. The molecule has 3 aliphatic rings. The molecular formula is C21H31N3O3. The number of ether oxygens (including phenoxy) is 2. The van der Waals surface area contributed by atoms with Crippen LogP contribution in [0.3, 0.4) is 0 Å². The fraction of sp³-hybridized carbons (Fsp3) is 0.714. The molecule has 0 aromatic carbocycles. The predicted molar refractivity (Wildman–Crippen MR) is 102 cm³/mol. The molecule has 1 aliphatic carbocycles. The molecular weight excluding hydrogens is 342 g/mol. The molecule has 3 fully saturated rings. The number of hydrogen-bond acceptors (Lipinski definition) is 4. The first kappa shape index (κ1) is 18.7. The van der Waals surface area contributed by atoms with Crippen LogP contribution in [0.2, 0.25) is 0 Å². The molecule has 0 unspecified atom stereocenters. The van der Waals surface area contributed by atoms with E-state index in [-0.39, 0.29) is 23.8 Å². The van der Waals surface area contributed by atoms with Crippen LogP contribution in [0.4, 0.5) is 4.79 Å². The molecule has 6 heteroatoms. The third-order valence-electron chi connectivity index (χ3n) is 6.22. The van der Waals surface area contributed by atoms with Gasteiger partial charge in [0.05, 0.1) is 36.7 Å². The number of amides is 2. The molecule has 4 rings (SSSR count). The van der Waals surface area contributed by atoms with E-state index >= 15 is 0 Å². The number of hydrogen-bond donors (Lipinski definition) is 1. The second-order valence-corrected chi connectivity index (χ2v) is 8.22. The average molecular weight is 373 g/mol. The van der Waals surface area contributed by atoms with Gasteiger partial charge in [0.15, 0.2) is 0 Å². The summed E-state index contributed by atoms with van der Waals surface area (Å²) in [6, 6.07) is 6.08. The third kappa shape index (κ3) is 4.79. The molecule has 6 nitrogen and oxygen atoms in total. The monoisotopic (exact) mass is 373 g/mol. The quantitative estimate of drug-likeness (QED) is 0.880.